The fourth-order valence-corrected chi connectivity index (χ4v) is 3.78. The molecule has 0 radical (unpaired) electrons. The molecule has 6 nitrogen and oxygen atoms in total. The maximum absolute atomic E-state index is 11.6. The van der Waals surface area contributed by atoms with Gasteiger partial charge < -0.3 is 19.2 Å². The second kappa shape index (κ2) is 10.1. The van der Waals surface area contributed by atoms with Crippen molar-refractivity contribution in [1.29, 1.82) is 0 Å². The van der Waals surface area contributed by atoms with E-state index in [4.69, 9.17) is 14.7 Å². The summed E-state index contributed by atoms with van der Waals surface area (Å²) in [6.07, 6.45) is 2.51. The highest BCUT2D eigenvalue weighted by Gasteiger charge is 2.18. The summed E-state index contributed by atoms with van der Waals surface area (Å²) < 4.78 is 7.75. The molecule has 0 saturated carbocycles. The van der Waals surface area contributed by atoms with Crippen LogP contribution in [0.2, 0.25) is 0 Å². The van der Waals surface area contributed by atoms with E-state index in [0.717, 1.165) is 33.3 Å². The first-order valence-corrected chi connectivity index (χ1v) is 10.8. The maximum Gasteiger partial charge on any atom is 0.331 e. The first-order chi connectivity index (χ1) is 16.1. The van der Waals surface area contributed by atoms with Gasteiger partial charge in [0.1, 0.15) is 12.4 Å². The lowest BCUT2D eigenvalue weighted by Crippen LogP contribution is -2.09. The molecule has 33 heavy (non-hydrogen) atoms. The van der Waals surface area contributed by atoms with Crippen molar-refractivity contribution in [3.8, 4) is 11.4 Å². The third-order valence-corrected chi connectivity index (χ3v) is 5.38. The molecule has 0 spiro atoms. The van der Waals surface area contributed by atoms with Gasteiger partial charge in [-0.1, -0.05) is 47.6 Å². The van der Waals surface area contributed by atoms with E-state index in [1.165, 1.54) is 6.92 Å². The average Bonchev–Trinajstić information content (AvgIpc) is 3.21. The van der Waals surface area contributed by atoms with Crippen LogP contribution >= 0.6 is 0 Å². The Morgan fingerprint density at radius 2 is 1.79 bits per heavy atom. The van der Waals surface area contributed by atoms with Crippen LogP contribution in [-0.2, 0) is 16.1 Å². The number of hydrogen-bond donors (Lipinski definition) is 1. The van der Waals surface area contributed by atoms with Crippen molar-refractivity contribution in [2.45, 2.75) is 20.3 Å². The van der Waals surface area contributed by atoms with Gasteiger partial charge >= 0.3 is 5.97 Å². The highest BCUT2D eigenvalue weighted by atomic mass is 16.7. The normalized spacial score (nSPS) is 11.5. The average molecular weight is 443 g/mol. The van der Waals surface area contributed by atoms with E-state index in [2.05, 4.69) is 9.72 Å². The molecule has 4 rings (SSSR count). The van der Waals surface area contributed by atoms with E-state index < -0.39 is 5.97 Å². The van der Waals surface area contributed by atoms with E-state index in [1.807, 2.05) is 85.9 Å². The number of fused-ring (bicyclic) bond motifs is 1. The van der Waals surface area contributed by atoms with E-state index in [-0.39, 0.29) is 13.2 Å². The predicted octanol–water partition coefficient (Wildman–Crippen LogP) is 4.82. The molecule has 168 valence electrons. The number of carbonyl (C=O) groups excluding carboxylic acids is 1. The van der Waals surface area contributed by atoms with Gasteiger partial charge in [-0.2, -0.15) is 0 Å². The molecule has 0 unspecified atom stereocenters. The van der Waals surface area contributed by atoms with Gasteiger partial charge in [-0.25, -0.2) is 4.79 Å². The number of oxime groups is 1. The largest absolute Gasteiger partial charge is 0.491 e. The quantitative estimate of drug-likeness (QED) is 0.241. The van der Waals surface area contributed by atoms with Crippen molar-refractivity contribution >= 4 is 22.6 Å². The first kappa shape index (κ1) is 22.3. The van der Waals surface area contributed by atoms with Crippen molar-refractivity contribution in [1.82, 2.24) is 4.57 Å². The number of aromatic nitrogens is 1. The smallest absolute Gasteiger partial charge is 0.331 e. The second-order valence-corrected chi connectivity index (χ2v) is 7.72. The minimum atomic E-state index is -0.476. The lowest BCUT2D eigenvalue weighted by Gasteiger charge is -2.09. The summed E-state index contributed by atoms with van der Waals surface area (Å²) in [6, 6.07) is 23.9. The monoisotopic (exact) mass is 442 g/mol. The molecule has 0 amide bonds. The molecule has 3 aromatic carbocycles. The van der Waals surface area contributed by atoms with E-state index in [1.54, 1.807) is 0 Å². The Bertz CT molecular complexity index is 1290. The fourth-order valence-electron chi connectivity index (χ4n) is 3.78. The Kier molecular flexibility index (Phi) is 6.86. The number of aliphatic hydroxyl groups is 1. The molecule has 1 aromatic heterocycles. The van der Waals surface area contributed by atoms with Crippen LogP contribution < -0.4 is 4.74 Å². The van der Waals surface area contributed by atoms with Gasteiger partial charge in [-0.3, -0.25) is 0 Å². The Hall–Kier alpha value is -3.90. The zero-order chi connectivity index (χ0) is 23.2. The molecule has 6 heteroatoms. The molecule has 0 aliphatic carbocycles. The van der Waals surface area contributed by atoms with Gasteiger partial charge in [0.2, 0.25) is 0 Å². The number of ether oxygens (including phenoxy) is 1. The van der Waals surface area contributed by atoms with Crippen LogP contribution in [0.25, 0.3) is 16.6 Å². The first-order valence-electron chi connectivity index (χ1n) is 10.8. The Morgan fingerprint density at radius 1 is 1.03 bits per heavy atom. The molecular formula is C27H26N2O4. The van der Waals surface area contributed by atoms with Gasteiger partial charge in [0.15, 0.2) is 0 Å². The molecule has 0 atom stereocenters. The Balaban J connectivity index is 1.89. The van der Waals surface area contributed by atoms with Crippen LogP contribution in [0.3, 0.4) is 0 Å². The SMILES string of the molecule is CC(=O)O/N=C(\Cc1ccccc1C)c1cn(-c2ccccc2)c2ccc(OCCO)cc12. The second-order valence-electron chi connectivity index (χ2n) is 7.72. The molecule has 1 heterocycles. The zero-order valence-corrected chi connectivity index (χ0v) is 18.7. The molecule has 0 fully saturated rings. The van der Waals surface area contributed by atoms with Crippen molar-refractivity contribution in [3.05, 3.63) is 95.7 Å². The summed E-state index contributed by atoms with van der Waals surface area (Å²) in [5.74, 6) is 0.169. The van der Waals surface area contributed by atoms with Crippen LogP contribution in [-0.4, -0.2) is 34.6 Å². The summed E-state index contributed by atoms with van der Waals surface area (Å²) in [5, 5.41) is 14.3. The van der Waals surface area contributed by atoms with Gasteiger partial charge in [-0.15, -0.1) is 0 Å². The summed E-state index contributed by atoms with van der Waals surface area (Å²) >= 11 is 0. The number of carbonyl (C=O) groups is 1. The lowest BCUT2D eigenvalue weighted by molar-refractivity contribution is -0.140. The van der Waals surface area contributed by atoms with Gasteiger partial charge in [-0.05, 0) is 48.4 Å². The number of nitrogens with zero attached hydrogens (tertiary/aromatic N) is 2. The van der Waals surface area contributed by atoms with Gasteiger partial charge in [0, 0.05) is 36.2 Å². The summed E-state index contributed by atoms with van der Waals surface area (Å²) in [5.41, 5.74) is 5.67. The predicted molar refractivity (Wildman–Crippen MR) is 129 cm³/mol. The number of aryl methyl sites for hydroxylation is 1. The highest BCUT2D eigenvalue weighted by molar-refractivity contribution is 6.12. The summed E-state index contributed by atoms with van der Waals surface area (Å²) in [4.78, 5) is 16.7. The van der Waals surface area contributed by atoms with Crippen molar-refractivity contribution in [2.24, 2.45) is 5.16 Å². The van der Waals surface area contributed by atoms with Crippen molar-refractivity contribution < 1.29 is 19.5 Å². The minimum absolute atomic E-state index is 0.0671. The molecule has 0 saturated heterocycles. The molecule has 4 aromatic rings. The molecule has 0 aliphatic heterocycles. The molecular weight excluding hydrogens is 416 g/mol. The Labute approximate surface area is 192 Å². The van der Waals surface area contributed by atoms with Crippen molar-refractivity contribution in [3.63, 3.8) is 0 Å². The third kappa shape index (κ3) is 5.13. The van der Waals surface area contributed by atoms with Gasteiger partial charge in [0.25, 0.3) is 0 Å². The summed E-state index contributed by atoms with van der Waals surface area (Å²) in [7, 11) is 0. The zero-order valence-electron chi connectivity index (χ0n) is 18.7. The van der Waals surface area contributed by atoms with E-state index in [9.17, 15) is 4.79 Å². The molecule has 0 bridgehead atoms. The molecule has 1 N–H and O–H groups in total. The highest BCUT2D eigenvalue weighted by Crippen LogP contribution is 2.30. The van der Waals surface area contributed by atoms with Crippen LogP contribution in [0.1, 0.15) is 23.6 Å². The topological polar surface area (TPSA) is 73.0 Å². The minimum Gasteiger partial charge on any atom is -0.491 e. The third-order valence-electron chi connectivity index (χ3n) is 5.38. The van der Waals surface area contributed by atoms with Crippen LogP contribution in [0.5, 0.6) is 5.75 Å². The fraction of sp³-hybridized carbons (Fsp3) is 0.185. The number of para-hydroxylation sites is 1. The number of rotatable bonds is 8. The number of hydrogen-bond acceptors (Lipinski definition) is 5. The van der Waals surface area contributed by atoms with Gasteiger partial charge in [0.05, 0.1) is 17.8 Å². The van der Waals surface area contributed by atoms with Crippen LogP contribution in [0, 0.1) is 6.92 Å². The van der Waals surface area contributed by atoms with Crippen LogP contribution in [0.15, 0.2) is 84.1 Å². The number of benzene rings is 3. The summed E-state index contributed by atoms with van der Waals surface area (Å²) in [6.45, 7) is 3.52. The maximum atomic E-state index is 11.6. The van der Waals surface area contributed by atoms with E-state index in [0.29, 0.717) is 17.9 Å². The van der Waals surface area contributed by atoms with Crippen molar-refractivity contribution in [2.75, 3.05) is 13.2 Å². The molecule has 0 aliphatic rings. The van der Waals surface area contributed by atoms with E-state index >= 15 is 0 Å². The number of aliphatic hydroxyl groups excluding tert-OH is 1. The standard InChI is InChI=1S/C27H26N2O4/c1-19-8-6-7-9-21(19)16-26(28-33-20(2)31)25-18-29(22-10-4-3-5-11-22)27-13-12-23(17-24(25)27)32-15-14-30/h3-13,17-18,30H,14-16H2,1-2H3/b28-26+. The van der Waals surface area contributed by atoms with Crippen LogP contribution in [0.4, 0.5) is 0 Å². The Morgan fingerprint density at radius 3 is 2.52 bits per heavy atom. The lowest BCUT2D eigenvalue weighted by atomic mass is 9.98.